The van der Waals surface area contributed by atoms with Crippen LogP contribution in [0.5, 0.6) is 0 Å². The van der Waals surface area contributed by atoms with Gasteiger partial charge in [-0.2, -0.15) is 5.10 Å². The van der Waals surface area contributed by atoms with Gasteiger partial charge < -0.3 is 10.1 Å². The highest BCUT2D eigenvalue weighted by molar-refractivity contribution is 6.02. The second-order valence-corrected chi connectivity index (χ2v) is 8.52. The van der Waals surface area contributed by atoms with E-state index in [1.54, 1.807) is 31.2 Å². The molecule has 0 unspecified atom stereocenters. The number of aromatic nitrogens is 2. The molecule has 1 aliphatic rings. The number of amides is 1. The molecule has 30 heavy (non-hydrogen) atoms. The van der Waals surface area contributed by atoms with Crippen LogP contribution in [0.2, 0.25) is 0 Å². The van der Waals surface area contributed by atoms with E-state index in [2.05, 4.69) is 10.4 Å². The van der Waals surface area contributed by atoms with Crippen LogP contribution in [0, 0.1) is 5.92 Å². The lowest BCUT2D eigenvalue weighted by atomic mass is 10.1. The minimum atomic E-state index is -0.938. The molecule has 0 aliphatic heterocycles. The SMILES string of the molecule is CC(C)Cn1nc(C(=O)O[C@H](C)C(=O)NC2CCCCCC2)c2ccccc2c1=O. The number of esters is 1. The van der Waals surface area contributed by atoms with Crippen LogP contribution in [0.4, 0.5) is 0 Å². The predicted molar refractivity (Wildman–Crippen MR) is 115 cm³/mol. The lowest BCUT2D eigenvalue weighted by molar-refractivity contribution is -0.129. The van der Waals surface area contributed by atoms with Crippen molar-refractivity contribution in [2.75, 3.05) is 0 Å². The summed E-state index contributed by atoms with van der Waals surface area (Å²) in [5.41, 5.74) is -0.185. The molecule has 0 saturated heterocycles. The van der Waals surface area contributed by atoms with Gasteiger partial charge in [-0.05, 0) is 31.7 Å². The summed E-state index contributed by atoms with van der Waals surface area (Å²) in [5, 5.41) is 8.13. The summed E-state index contributed by atoms with van der Waals surface area (Å²) < 4.78 is 6.76. The molecule has 1 aromatic heterocycles. The van der Waals surface area contributed by atoms with Crippen LogP contribution in [0.1, 0.15) is 69.8 Å². The zero-order valence-electron chi connectivity index (χ0n) is 18.0. The number of fused-ring (bicyclic) bond motifs is 1. The molecule has 1 atom stereocenters. The number of nitrogens with zero attached hydrogens (tertiary/aromatic N) is 2. The monoisotopic (exact) mass is 413 g/mol. The molecule has 0 spiro atoms. The maximum atomic E-state index is 12.9. The molecule has 1 saturated carbocycles. The van der Waals surface area contributed by atoms with Crippen LogP contribution in [-0.4, -0.2) is 33.8 Å². The van der Waals surface area contributed by atoms with E-state index in [1.165, 1.54) is 17.5 Å². The van der Waals surface area contributed by atoms with E-state index >= 15 is 0 Å². The van der Waals surface area contributed by atoms with Crippen molar-refractivity contribution in [2.45, 2.75) is 78.0 Å². The molecular weight excluding hydrogens is 382 g/mol. The van der Waals surface area contributed by atoms with Crippen LogP contribution in [0.3, 0.4) is 0 Å². The van der Waals surface area contributed by atoms with E-state index in [4.69, 9.17) is 4.74 Å². The van der Waals surface area contributed by atoms with Crippen LogP contribution >= 0.6 is 0 Å². The minimum absolute atomic E-state index is 0.0555. The highest BCUT2D eigenvalue weighted by Gasteiger charge is 2.25. The highest BCUT2D eigenvalue weighted by Crippen LogP contribution is 2.18. The maximum Gasteiger partial charge on any atom is 0.360 e. The Hall–Kier alpha value is -2.70. The zero-order valence-corrected chi connectivity index (χ0v) is 18.0. The van der Waals surface area contributed by atoms with Crippen LogP contribution in [-0.2, 0) is 16.1 Å². The van der Waals surface area contributed by atoms with E-state index in [0.29, 0.717) is 17.3 Å². The van der Waals surface area contributed by atoms with Crippen molar-refractivity contribution < 1.29 is 14.3 Å². The van der Waals surface area contributed by atoms with Crippen LogP contribution < -0.4 is 10.9 Å². The first-order valence-corrected chi connectivity index (χ1v) is 10.9. The molecule has 1 amide bonds. The van der Waals surface area contributed by atoms with Gasteiger partial charge in [0.1, 0.15) is 0 Å². The second kappa shape index (κ2) is 9.87. The number of hydrogen-bond acceptors (Lipinski definition) is 5. The van der Waals surface area contributed by atoms with Crippen molar-refractivity contribution in [2.24, 2.45) is 5.92 Å². The second-order valence-electron chi connectivity index (χ2n) is 8.52. The lowest BCUT2D eigenvalue weighted by Crippen LogP contribution is -2.42. The third-order valence-corrected chi connectivity index (χ3v) is 5.45. The molecular formula is C23H31N3O4. The Kier molecular flexibility index (Phi) is 7.24. The average molecular weight is 414 g/mol. The van der Waals surface area contributed by atoms with Gasteiger partial charge in [0.15, 0.2) is 11.8 Å². The van der Waals surface area contributed by atoms with Gasteiger partial charge in [-0.3, -0.25) is 9.59 Å². The number of hydrogen-bond donors (Lipinski definition) is 1. The molecule has 1 N–H and O–H groups in total. The first-order valence-electron chi connectivity index (χ1n) is 10.9. The molecule has 7 heteroatoms. The van der Waals surface area contributed by atoms with Crippen molar-refractivity contribution in [3.63, 3.8) is 0 Å². The quantitative estimate of drug-likeness (QED) is 0.579. The first-order chi connectivity index (χ1) is 14.4. The topological polar surface area (TPSA) is 90.3 Å². The molecule has 0 bridgehead atoms. The van der Waals surface area contributed by atoms with Crippen molar-refractivity contribution in [1.29, 1.82) is 0 Å². The Balaban J connectivity index is 1.79. The molecule has 162 valence electrons. The highest BCUT2D eigenvalue weighted by atomic mass is 16.5. The normalized spacial score (nSPS) is 16.3. The summed E-state index contributed by atoms with van der Waals surface area (Å²) in [7, 11) is 0. The molecule has 1 aliphatic carbocycles. The molecule has 1 aromatic carbocycles. The van der Waals surface area contributed by atoms with Crippen molar-refractivity contribution in [1.82, 2.24) is 15.1 Å². The summed E-state index contributed by atoms with van der Waals surface area (Å²) in [4.78, 5) is 38.1. The van der Waals surface area contributed by atoms with Gasteiger partial charge in [0, 0.05) is 18.0 Å². The van der Waals surface area contributed by atoms with Gasteiger partial charge in [-0.25, -0.2) is 9.48 Å². The Bertz CT molecular complexity index is 959. The molecule has 2 aromatic rings. The third-order valence-electron chi connectivity index (χ3n) is 5.45. The van der Waals surface area contributed by atoms with Crippen LogP contribution in [0.25, 0.3) is 10.8 Å². The predicted octanol–water partition coefficient (Wildman–Crippen LogP) is 3.44. The largest absolute Gasteiger partial charge is 0.448 e. The van der Waals surface area contributed by atoms with Gasteiger partial charge in [0.25, 0.3) is 11.5 Å². The fourth-order valence-electron chi connectivity index (χ4n) is 3.87. The number of rotatable bonds is 6. The van der Waals surface area contributed by atoms with Crippen molar-refractivity contribution in [3.05, 3.63) is 40.3 Å². The summed E-state index contributed by atoms with van der Waals surface area (Å²) in [6.45, 7) is 5.90. The van der Waals surface area contributed by atoms with Gasteiger partial charge in [0.2, 0.25) is 0 Å². The lowest BCUT2D eigenvalue weighted by Gasteiger charge is -2.20. The fourth-order valence-corrected chi connectivity index (χ4v) is 3.87. The number of carbonyl (C=O) groups excluding carboxylic acids is 2. The molecule has 1 heterocycles. The van der Waals surface area contributed by atoms with E-state index in [-0.39, 0.29) is 29.1 Å². The first kappa shape index (κ1) is 22.0. The number of nitrogens with one attached hydrogen (secondary N) is 1. The van der Waals surface area contributed by atoms with Gasteiger partial charge in [-0.15, -0.1) is 0 Å². The van der Waals surface area contributed by atoms with Crippen LogP contribution in [0.15, 0.2) is 29.1 Å². The molecule has 0 radical (unpaired) electrons. The molecule has 7 nitrogen and oxygen atoms in total. The number of carbonyl (C=O) groups is 2. The van der Waals surface area contributed by atoms with Crippen molar-refractivity contribution in [3.8, 4) is 0 Å². The van der Waals surface area contributed by atoms with E-state index in [0.717, 1.165) is 25.7 Å². The fraction of sp³-hybridized carbons (Fsp3) is 0.565. The Morgan fingerprint density at radius 2 is 1.73 bits per heavy atom. The summed E-state index contributed by atoms with van der Waals surface area (Å²) in [6, 6.07) is 6.98. The molecule has 1 fully saturated rings. The Labute approximate surface area is 176 Å². The minimum Gasteiger partial charge on any atom is -0.448 e. The standard InChI is InChI=1S/C23H31N3O4/c1-15(2)14-26-22(28)19-13-9-8-12-18(19)20(25-26)23(29)30-16(3)21(27)24-17-10-6-4-5-7-11-17/h8-9,12-13,15-17H,4-7,10-11,14H2,1-3H3,(H,24,27)/t16-/m1/s1. The smallest absolute Gasteiger partial charge is 0.360 e. The summed E-state index contributed by atoms with van der Waals surface area (Å²) in [5.74, 6) is -0.813. The van der Waals surface area contributed by atoms with E-state index < -0.39 is 12.1 Å². The third kappa shape index (κ3) is 5.26. The summed E-state index contributed by atoms with van der Waals surface area (Å²) in [6.07, 6.45) is 5.58. The maximum absolute atomic E-state index is 12.9. The average Bonchev–Trinajstić information content (AvgIpc) is 2.98. The Morgan fingerprint density at radius 3 is 2.37 bits per heavy atom. The van der Waals surface area contributed by atoms with Gasteiger partial charge in [-0.1, -0.05) is 57.7 Å². The van der Waals surface area contributed by atoms with Gasteiger partial charge in [0.05, 0.1) is 5.39 Å². The number of benzene rings is 1. The zero-order chi connectivity index (χ0) is 21.7. The van der Waals surface area contributed by atoms with Gasteiger partial charge >= 0.3 is 5.97 Å². The Morgan fingerprint density at radius 1 is 1.10 bits per heavy atom. The number of ether oxygens (including phenoxy) is 1. The van der Waals surface area contributed by atoms with E-state index in [1.807, 2.05) is 13.8 Å². The summed E-state index contributed by atoms with van der Waals surface area (Å²) >= 11 is 0. The van der Waals surface area contributed by atoms with E-state index in [9.17, 15) is 14.4 Å². The van der Waals surface area contributed by atoms with Crippen molar-refractivity contribution >= 4 is 22.6 Å². The molecule has 3 rings (SSSR count).